The van der Waals surface area contributed by atoms with Crippen molar-refractivity contribution in [1.29, 1.82) is 0 Å². The lowest BCUT2D eigenvalue weighted by Crippen LogP contribution is -2.13. The Morgan fingerprint density at radius 1 is 1.41 bits per heavy atom. The second-order valence-electron chi connectivity index (χ2n) is 4.03. The Bertz CT molecular complexity index is 513. The molecule has 2 rings (SSSR count). The molecule has 17 heavy (non-hydrogen) atoms. The molecule has 0 spiro atoms. The van der Waals surface area contributed by atoms with Gasteiger partial charge in [-0.25, -0.2) is 0 Å². The Hall–Kier alpha value is -1.42. The van der Waals surface area contributed by atoms with Gasteiger partial charge in [-0.15, -0.1) is 0 Å². The molecule has 0 saturated heterocycles. The number of thioether (sulfide) groups is 1. The Kier molecular flexibility index (Phi) is 3.74. The van der Waals surface area contributed by atoms with E-state index in [4.69, 9.17) is 5.73 Å². The average Bonchev–Trinajstić information content (AvgIpc) is 2.38. The highest BCUT2D eigenvalue weighted by atomic mass is 32.2. The zero-order valence-electron chi connectivity index (χ0n) is 10.1. The number of aromatic nitrogens is 1. The van der Waals surface area contributed by atoms with Crippen molar-refractivity contribution in [3.8, 4) is 0 Å². The maximum atomic E-state index is 5.94. The lowest BCUT2D eigenvalue weighted by atomic mass is 10.1. The van der Waals surface area contributed by atoms with E-state index in [0.717, 1.165) is 28.8 Å². The van der Waals surface area contributed by atoms with Gasteiger partial charge >= 0.3 is 0 Å². The lowest BCUT2D eigenvalue weighted by Gasteiger charge is -2.13. The van der Waals surface area contributed by atoms with Crippen molar-refractivity contribution in [2.45, 2.75) is 12.2 Å². The predicted octanol–water partition coefficient (Wildman–Crippen LogP) is 2.98. The van der Waals surface area contributed by atoms with E-state index in [1.165, 1.54) is 0 Å². The monoisotopic (exact) mass is 247 g/mol. The summed E-state index contributed by atoms with van der Waals surface area (Å²) < 4.78 is 0. The van der Waals surface area contributed by atoms with Crippen LogP contribution in [0.25, 0.3) is 10.9 Å². The van der Waals surface area contributed by atoms with Gasteiger partial charge in [-0.1, -0.05) is 6.92 Å². The number of rotatable bonds is 4. The number of nitrogens with zero attached hydrogens (tertiary/aromatic N) is 1. The minimum absolute atomic E-state index is 0.575. The molecule has 4 heteroatoms. The SMILES string of the molecule is CSC(C)CNc1ccc(N)c2cccnc12. The molecule has 0 amide bonds. The largest absolute Gasteiger partial charge is 0.398 e. The molecular weight excluding hydrogens is 230 g/mol. The van der Waals surface area contributed by atoms with Gasteiger partial charge in [0.1, 0.15) is 0 Å². The summed E-state index contributed by atoms with van der Waals surface area (Å²) in [5.74, 6) is 0. The van der Waals surface area contributed by atoms with E-state index in [9.17, 15) is 0 Å². The van der Waals surface area contributed by atoms with Crippen LogP contribution in [0.1, 0.15) is 6.92 Å². The molecule has 1 atom stereocenters. The Labute approximate surface area is 106 Å². The number of pyridine rings is 1. The molecule has 0 aliphatic carbocycles. The standard InChI is InChI=1S/C13H17N3S/c1-9(17-2)8-16-12-6-5-11(14)10-4-3-7-15-13(10)12/h3-7,9,16H,8,14H2,1-2H3. The highest BCUT2D eigenvalue weighted by Gasteiger charge is 2.05. The number of hydrogen-bond acceptors (Lipinski definition) is 4. The number of anilines is 2. The van der Waals surface area contributed by atoms with Crippen LogP contribution in [0, 0.1) is 0 Å². The van der Waals surface area contributed by atoms with E-state index in [1.54, 1.807) is 6.20 Å². The zero-order chi connectivity index (χ0) is 12.3. The highest BCUT2D eigenvalue weighted by molar-refractivity contribution is 7.99. The average molecular weight is 247 g/mol. The normalized spacial score (nSPS) is 12.6. The number of fused-ring (bicyclic) bond motifs is 1. The third kappa shape index (κ3) is 2.64. The quantitative estimate of drug-likeness (QED) is 0.816. The smallest absolute Gasteiger partial charge is 0.0953 e. The molecular formula is C13H17N3S. The van der Waals surface area contributed by atoms with Crippen LogP contribution < -0.4 is 11.1 Å². The van der Waals surface area contributed by atoms with Crippen LogP contribution in [0.3, 0.4) is 0 Å². The predicted molar refractivity (Wildman–Crippen MR) is 77.6 cm³/mol. The topological polar surface area (TPSA) is 50.9 Å². The molecule has 3 nitrogen and oxygen atoms in total. The third-order valence-corrected chi connectivity index (χ3v) is 3.76. The third-order valence-electron chi connectivity index (χ3n) is 2.79. The van der Waals surface area contributed by atoms with Crippen molar-refractivity contribution in [2.24, 2.45) is 0 Å². The first-order valence-electron chi connectivity index (χ1n) is 5.62. The number of benzene rings is 1. The maximum Gasteiger partial charge on any atom is 0.0953 e. The van der Waals surface area contributed by atoms with Crippen LogP contribution in [0.2, 0.25) is 0 Å². The molecule has 1 aromatic heterocycles. The van der Waals surface area contributed by atoms with Crippen molar-refractivity contribution in [3.63, 3.8) is 0 Å². The van der Waals surface area contributed by atoms with Crippen LogP contribution in [-0.2, 0) is 0 Å². The lowest BCUT2D eigenvalue weighted by molar-refractivity contribution is 1.00. The van der Waals surface area contributed by atoms with Gasteiger partial charge in [0, 0.05) is 29.1 Å². The number of nitrogens with two attached hydrogens (primary N) is 1. The molecule has 2 aromatic rings. The van der Waals surface area contributed by atoms with E-state index in [1.807, 2.05) is 36.0 Å². The molecule has 90 valence electrons. The van der Waals surface area contributed by atoms with E-state index in [2.05, 4.69) is 23.5 Å². The van der Waals surface area contributed by atoms with Gasteiger partial charge in [-0.05, 0) is 30.5 Å². The van der Waals surface area contributed by atoms with Gasteiger partial charge in [0.05, 0.1) is 11.2 Å². The van der Waals surface area contributed by atoms with E-state index >= 15 is 0 Å². The van der Waals surface area contributed by atoms with Crippen molar-refractivity contribution in [2.75, 3.05) is 23.9 Å². The van der Waals surface area contributed by atoms with Crippen molar-refractivity contribution >= 4 is 34.0 Å². The molecule has 1 unspecified atom stereocenters. The van der Waals surface area contributed by atoms with Gasteiger partial charge in [0.2, 0.25) is 0 Å². The molecule has 0 aliphatic rings. The van der Waals surface area contributed by atoms with Crippen LogP contribution in [0.4, 0.5) is 11.4 Å². The summed E-state index contributed by atoms with van der Waals surface area (Å²) in [6.45, 7) is 3.13. The second kappa shape index (κ2) is 5.27. The van der Waals surface area contributed by atoms with Crippen LogP contribution in [-0.4, -0.2) is 23.0 Å². The first-order valence-corrected chi connectivity index (χ1v) is 6.91. The number of nitrogen functional groups attached to an aromatic ring is 1. The summed E-state index contributed by atoms with van der Waals surface area (Å²) in [5, 5.41) is 5.01. The van der Waals surface area contributed by atoms with Crippen LogP contribution in [0.15, 0.2) is 30.5 Å². The molecule has 3 N–H and O–H groups in total. The first kappa shape index (κ1) is 12.0. The number of nitrogens with one attached hydrogen (secondary N) is 1. The first-order chi connectivity index (χ1) is 8.22. The summed E-state index contributed by atoms with van der Waals surface area (Å²) in [4.78, 5) is 4.40. The van der Waals surface area contributed by atoms with Gasteiger partial charge in [-0.3, -0.25) is 4.98 Å². The second-order valence-corrected chi connectivity index (χ2v) is 5.31. The van der Waals surface area contributed by atoms with E-state index in [-0.39, 0.29) is 0 Å². The molecule has 0 aliphatic heterocycles. The van der Waals surface area contributed by atoms with Crippen LogP contribution >= 0.6 is 11.8 Å². The molecule has 0 fully saturated rings. The highest BCUT2D eigenvalue weighted by Crippen LogP contribution is 2.26. The Morgan fingerprint density at radius 2 is 2.24 bits per heavy atom. The van der Waals surface area contributed by atoms with E-state index in [0.29, 0.717) is 5.25 Å². The fourth-order valence-corrected chi connectivity index (χ4v) is 1.92. The molecule has 0 saturated carbocycles. The summed E-state index contributed by atoms with van der Waals surface area (Å²) in [6, 6.07) is 7.83. The van der Waals surface area contributed by atoms with Crippen LogP contribution in [0.5, 0.6) is 0 Å². The Balaban J connectivity index is 2.32. The fourth-order valence-electron chi connectivity index (χ4n) is 1.67. The van der Waals surface area contributed by atoms with E-state index < -0.39 is 0 Å². The van der Waals surface area contributed by atoms with Gasteiger partial charge in [0.25, 0.3) is 0 Å². The molecule has 0 bridgehead atoms. The molecule has 1 aromatic carbocycles. The fraction of sp³-hybridized carbons (Fsp3) is 0.308. The Morgan fingerprint density at radius 3 is 3.00 bits per heavy atom. The van der Waals surface area contributed by atoms with Crippen molar-refractivity contribution < 1.29 is 0 Å². The van der Waals surface area contributed by atoms with Crippen molar-refractivity contribution in [1.82, 2.24) is 4.98 Å². The summed E-state index contributed by atoms with van der Waals surface area (Å²) in [7, 11) is 0. The van der Waals surface area contributed by atoms with Crippen molar-refractivity contribution in [3.05, 3.63) is 30.5 Å². The number of hydrogen-bond donors (Lipinski definition) is 2. The van der Waals surface area contributed by atoms with Gasteiger partial charge in [-0.2, -0.15) is 11.8 Å². The molecule has 0 radical (unpaired) electrons. The maximum absolute atomic E-state index is 5.94. The molecule has 1 heterocycles. The van der Waals surface area contributed by atoms with Gasteiger partial charge < -0.3 is 11.1 Å². The zero-order valence-corrected chi connectivity index (χ0v) is 10.9. The minimum Gasteiger partial charge on any atom is -0.398 e. The summed E-state index contributed by atoms with van der Waals surface area (Å²) >= 11 is 1.84. The summed E-state index contributed by atoms with van der Waals surface area (Å²) in [5.41, 5.74) is 8.71. The van der Waals surface area contributed by atoms with Gasteiger partial charge in [0.15, 0.2) is 0 Å². The summed E-state index contributed by atoms with van der Waals surface area (Å²) in [6.07, 6.45) is 3.91. The minimum atomic E-state index is 0.575.